The van der Waals surface area contributed by atoms with Crippen LogP contribution in [0, 0.1) is 0 Å². The van der Waals surface area contributed by atoms with Crippen LogP contribution in [-0.2, 0) is 7.58 Å². The summed E-state index contributed by atoms with van der Waals surface area (Å²) < 4.78 is 21.5. The average Bonchev–Trinajstić information content (AvgIpc) is 2.23. The van der Waals surface area contributed by atoms with Crippen molar-refractivity contribution in [3.63, 3.8) is 0 Å². The molecular weight excluding hydrogens is 206 g/mol. The van der Waals surface area contributed by atoms with Crippen LogP contribution in [0.5, 0.6) is 0 Å². The fourth-order valence-corrected chi connectivity index (χ4v) is 1.73. The number of rotatable bonds is 0. The van der Waals surface area contributed by atoms with Crippen molar-refractivity contribution in [3.8, 4) is 0 Å². The molecule has 6 heteroatoms. The van der Waals surface area contributed by atoms with E-state index in [1.807, 2.05) is 0 Å². The Bertz CT molecular complexity index is 352. The number of halogens is 1. The van der Waals surface area contributed by atoms with Crippen LogP contribution < -0.4 is 0 Å². The molecule has 0 saturated heterocycles. The first-order chi connectivity index (χ1) is 6.66. The highest BCUT2D eigenvalue weighted by molar-refractivity contribution is 6.42. The smallest absolute Gasteiger partial charge is 0.555 e. The van der Waals surface area contributed by atoms with Gasteiger partial charge in [-0.2, -0.15) is 0 Å². The first kappa shape index (κ1) is 9.19. The SMILES string of the molecule is O=C1[O][Al]([F])[O]C(=O)c2ccc1cc2. The van der Waals surface area contributed by atoms with Crippen LogP contribution in [0.3, 0.4) is 0 Å². The second kappa shape index (κ2) is 3.41. The zero-order valence-corrected chi connectivity index (χ0v) is 8.05. The molecule has 1 aromatic carbocycles. The maximum atomic E-state index is 12.9. The zero-order valence-electron chi connectivity index (χ0n) is 6.90. The lowest BCUT2D eigenvalue weighted by Crippen LogP contribution is -2.23. The van der Waals surface area contributed by atoms with Gasteiger partial charge in [-0.1, -0.05) is 0 Å². The van der Waals surface area contributed by atoms with Crippen molar-refractivity contribution in [3.05, 3.63) is 35.4 Å². The van der Waals surface area contributed by atoms with Crippen molar-refractivity contribution in [2.75, 3.05) is 0 Å². The molecular formula is C8H4AlFO4. The van der Waals surface area contributed by atoms with Crippen LogP contribution >= 0.6 is 0 Å². The molecule has 0 aliphatic carbocycles. The quantitative estimate of drug-likeness (QED) is 0.598. The highest BCUT2D eigenvalue weighted by Crippen LogP contribution is 2.12. The number of carbonyl (C=O) groups excluding carboxylic acids is 2. The number of fused-ring (bicyclic) bond motifs is 6. The van der Waals surface area contributed by atoms with E-state index < -0.39 is 27.2 Å². The van der Waals surface area contributed by atoms with Crippen molar-refractivity contribution < 1.29 is 20.7 Å². The minimum absolute atomic E-state index is 0.210. The summed E-state index contributed by atoms with van der Waals surface area (Å²) in [6.45, 7) is 0. The van der Waals surface area contributed by atoms with Gasteiger partial charge in [-0.25, -0.2) is 9.59 Å². The van der Waals surface area contributed by atoms with Gasteiger partial charge in [0, 0.05) is 0 Å². The Morgan fingerprint density at radius 3 is 1.64 bits per heavy atom. The average molecular weight is 210 g/mol. The minimum atomic E-state index is -3.67. The molecule has 2 aliphatic heterocycles. The molecule has 2 bridgehead atoms. The summed E-state index contributed by atoms with van der Waals surface area (Å²) in [6.07, 6.45) is 0. The lowest BCUT2D eigenvalue weighted by molar-refractivity contribution is 0.0564. The van der Waals surface area contributed by atoms with Gasteiger partial charge in [0.2, 0.25) is 0 Å². The van der Waals surface area contributed by atoms with E-state index in [9.17, 15) is 13.1 Å². The third kappa shape index (κ3) is 1.62. The fourth-order valence-electron chi connectivity index (χ4n) is 1.07. The van der Waals surface area contributed by atoms with Gasteiger partial charge < -0.3 is 11.1 Å². The summed E-state index contributed by atoms with van der Waals surface area (Å²) in [7, 11) is 0. The van der Waals surface area contributed by atoms with Gasteiger partial charge in [0.05, 0.1) is 11.1 Å². The maximum absolute atomic E-state index is 12.9. The lowest BCUT2D eigenvalue weighted by Gasteiger charge is -2.03. The monoisotopic (exact) mass is 210 g/mol. The Morgan fingerprint density at radius 2 is 1.29 bits per heavy atom. The van der Waals surface area contributed by atoms with Crippen LogP contribution in [-0.4, -0.2) is 27.2 Å². The predicted octanol–water partition coefficient (Wildman–Crippen LogP) is 0.968. The van der Waals surface area contributed by atoms with Crippen LogP contribution in [0.25, 0.3) is 0 Å². The van der Waals surface area contributed by atoms with E-state index in [2.05, 4.69) is 7.58 Å². The van der Waals surface area contributed by atoms with Gasteiger partial charge in [0.1, 0.15) is 0 Å². The van der Waals surface area contributed by atoms with Gasteiger partial charge in [0.15, 0.2) is 0 Å². The van der Waals surface area contributed by atoms with Crippen molar-refractivity contribution >= 4 is 27.2 Å². The molecule has 2 aliphatic rings. The summed E-state index contributed by atoms with van der Waals surface area (Å²) in [4.78, 5) is 22.2. The summed E-state index contributed by atoms with van der Waals surface area (Å²) in [6, 6.07) is 5.58. The van der Waals surface area contributed by atoms with E-state index in [4.69, 9.17) is 0 Å². The summed E-state index contributed by atoms with van der Waals surface area (Å²) in [5, 5.41) is 0. The molecule has 0 aromatic heterocycles. The van der Waals surface area contributed by atoms with Gasteiger partial charge in [-0.05, 0) is 24.3 Å². The van der Waals surface area contributed by atoms with Crippen LogP contribution in [0.4, 0.5) is 3.52 Å². The van der Waals surface area contributed by atoms with Crippen molar-refractivity contribution in [2.24, 2.45) is 0 Å². The molecule has 0 spiro atoms. The standard InChI is InChI=1S/C8H6O4.Al.FH/c9-7(10)5-1-2-6(4-3-5)8(11)12;;/h1-4H,(H,9,10)(H,11,12);;1H/q;+3;/p-3. The van der Waals surface area contributed by atoms with E-state index in [-0.39, 0.29) is 11.1 Å². The normalized spacial score (nSPS) is 15.4. The van der Waals surface area contributed by atoms with E-state index in [0.29, 0.717) is 0 Å². The van der Waals surface area contributed by atoms with Crippen LogP contribution in [0.2, 0.25) is 0 Å². The molecule has 0 N–H and O–H groups in total. The van der Waals surface area contributed by atoms with Crippen molar-refractivity contribution in [1.29, 1.82) is 0 Å². The highest BCUT2D eigenvalue weighted by Gasteiger charge is 2.43. The first-order valence-electron chi connectivity index (χ1n) is 3.83. The van der Waals surface area contributed by atoms with Gasteiger partial charge >= 0.3 is 27.2 Å². The molecule has 14 heavy (non-hydrogen) atoms. The van der Waals surface area contributed by atoms with Crippen LogP contribution in [0.1, 0.15) is 20.7 Å². The van der Waals surface area contributed by atoms with E-state index in [1.165, 1.54) is 24.3 Å². The number of carbonyl (C=O) groups is 2. The summed E-state index contributed by atoms with van der Waals surface area (Å²) in [5.41, 5.74) is 0.421. The topological polar surface area (TPSA) is 52.6 Å². The Morgan fingerprint density at radius 1 is 0.929 bits per heavy atom. The Labute approximate surface area is 83.8 Å². The van der Waals surface area contributed by atoms with Crippen molar-refractivity contribution in [2.45, 2.75) is 0 Å². The van der Waals surface area contributed by atoms with E-state index >= 15 is 0 Å². The van der Waals surface area contributed by atoms with Gasteiger partial charge in [0.25, 0.3) is 0 Å². The third-order valence-electron chi connectivity index (χ3n) is 1.76. The molecule has 0 atom stereocenters. The summed E-state index contributed by atoms with van der Waals surface area (Å²) >= 11 is -3.67. The van der Waals surface area contributed by atoms with Crippen LogP contribution in [0.15, 0.2) is 24.3 Å². The Balaban J connectivity index is 2.45. The largest absolute Gasteiger partial charge is 1.15 e. The molecule has 0 unspecified atom stereocenters. The predicted molar refractivity (Wildman–Crippen MR) is 44.1 cm³/mol. The highest BCUT2D eigenvalue weighted by atomic mass is 27.3. The maximum Gasteiger partial charge on any atom is 1.15 e. The minimum Gasteiger partial charge on any atom is -0.555 e. The molecule has 0 saturated carbocycles. The molecule has 0 fully saturated rings. The van der Waals surface area contributed by atoms with Crippen molar-refractivity contribution in [1.82, 2.24) is 0 Å². The van der Waals surface area contributed by atoms with Gasteiger partial charge in [-0.15, -0.1) is 0 Å². The molecule has 3 rings (SSSR count). The van der Waals surface area contributed by atoms with E-state index in [1.54, 1.807) is 0 Å². The zero-order chi connectivity index (χ0) is 10.1. The molecule has 0 radical (unpaired) electrons. The second-order valence-corrected chi connectivity index (χ2v) is 3.68. The van der Waals surface area contributed by atoms with E-state index in [0.717, 1.165) is 0 Å². The number of hydrogen-bond acceptors (Lipinski definition) is 4. The van der Waals surface area contributed by atoms with Gasteiger partial charge in [-0.3, -0.25) is 0 Å². The Hall–Kier alpha value is -1.38. The number of hydrogen-bond donors (Lipinski definition) is 0. The number of benzene rings is 1. The molecule has 0 amide bonds. The Kier molecular flexibility index (Phi) is 2.24. The molecule has 2 heterocycles. The lowest BCUT2D eigenvalue weighted by atomic mass is 10.1. The second-order valence-electron chi connectivity index (χ2n) is 2.66. The molecule has 4 nitrogen and oxygen atoms in total. The molecule has 70 valence electrons. The first-order valence-corrected chi connectivity index (χ1v) is 5.21. The third-order valence-corrected chi connectivity index (χ3v) is 2.55. The molecule has 1 aromatic rings. The summed E-state index contributed by atoms with van der Waals surface area (Å²) in [5.74, 6) is -1.60. The fraction of sp³-hybridized carbons (Fsp3) is 0.